The van der Waals surface area contributed by atoms with Crippen molar-refractivity contribution in [2.75, 3.05) is 26.2 Å². The first kappa shape index (κ1) is 15.5. The highest BCUT2D eigenvalue weighted by molar-refractivity contribution is 5.19. The average Bonchev–Trinajstić information content (AvgIpc) is 2.73. The van der Waals surface area contributed by atoms with Crippen LogP contribution in [0.5, 0.6) is 0 Å². The smallest absolute Gasteiger partial charge is 0.0449 e. The Balaban J connectivity index is 1.94. The molecule has 1 aliphatic rings. The Bertz CT molecular complexity index is 363. The van der Waals surface area contributed by atoms with E-state index in [1.807, 2.05) is 0 Å². The summed E-state index contributed by atoms with van der Waals surface area (Å²) in [6, 6.07) is 11.4. The first-order chi connectivity index (χ1) is 9.83. The molecular weight excluding hydrogens is 244 g/mol. The number of nitrogens with one attached hydrogen (secondary N) is 1. The zero-order chi connectivity index (χ0) is 14.2. The first-order valence-corrected chi connectivity index (χ1v) is 8.34. The molecule has 0 spiro atoms. The number of likely N-dealkylation sites (tertiary alicyclic amines) is 1. The van der Waals surface area contributed by atoms with Gasteiger partial charge < -0.3 is 10.2 Å². The Labute approximate surface area is 124 Å². The van der Waals surface area contributed by atoms with Gasteiger partial charge in [0.1, 0.15) is 0 Å². The molecule has 0 saturated carbocycles. The zero-order valence-corrected chi connectivity index (χ0v) is 13.1. The van der Waals surface area contributed by atoms with E-state index >= 15 is 0 Å². The lowest BCUT2D eigenvalue weighted by molar-refractivity contribution is 0.248. The third-order valence-corrected chi connectivity index (χ3v) is 4.61. The van der Waals surface area contributed by atoms with Crippen molar-refractivity contribution in [3.63, 3.8) is 0 Å². The minimum Gasteiger partial charge on any atom is -0.309 e. The van der Waals surface area contributed by atoms with Crippen LogP contribution in [0.3, 0.4) is 0 Å². The summed E-state index contributed by atoms with van der Waals surface area (Å²) in [6.07, 6.45) is 5.52. The normalized spacial score (nSPS) is 22.4. The van der Waals surface area contributed by atoms with Gasteiger partial charge in [-0.1, -0.05) is 50.6 Å². The standard InChI is InChI=1S/C18H30N2/c1-3-16-9-8-13-20(14-12-16)15-18(19-4-2)17-10-6-5-7-11-17/h5-7,10-11,16,18-19H,3-4,8-9,12-15H2,1-2H3. The molecule has 20 heavy (non-hydrogen) atoms. The van der Waals surface area contributed by atoms with Gasteiger partial charge in [0.2, 0.25) is 0 Å². The Kier molecular flexibility index (Phi) is 6.55. The van der Waals surface area contributed by atoms with E-state index in [1.165, 1.54) is 44.3 Å². The van der Waals surface area contributed by atoms with Gasteiger partial charge in [0, 0.05) is 12.6 Å². The minimum atomic E-state index is 0.472. The van der Waals surface area contributed by atoms with Crippen LogP contribution < -0.4 is 5.32 Å². The van der Waals surface area contributed by atoms with E-state index in [2.05, 4.69) is 54.4 Å². The van der Waals surface area contributed by atoms with E-state index in [9.17, 15) is 0 Å². The van der Waals surface area contributed by atoms with E-state index < -0.39 is 0 Å². The number of nitrogens with zero attached hydrogens (tertiary/aromatic N) is 1. The molecule has 0 aliphatic carbocycles. The van der Waals surface area contributed by atoms with Crippen LogP contribution in [0.1, 0.15) is 51.1 Å². The molecule has 0 aromatic heterocycles. The Morgan fingerprint density at radius 3 is 2.65 bits per heavy atom. The Morgan fingerprint density at radius 1 is 1.15 bits per heavy atom. The predicted octanol–water partition coefficient (Wildman–Crippen LogP) is 3.85. The summed E-state index contributed by atoms with van der Waals surface area (Å²) < 4.78 is 0. The van der Waals surface area contributed by atoms with Gasteiger partial charge in [0.05, 0.1) is 0 Å². The summed E-state index contributed by atoms with van der Waals surface area (Å²) >= 11 is 0. The van der Waals surface area contributed by atoms with Crippen LogP contribution in [-0.4, -0.2) is 31.1 Å². The Hall–Kier alpha value is -0.860. The summed E-state index contributed by atoms with van der Waals surface area (Å²) in [6.45, 7) is 9.26. The summed E-state index contributed by atoms with van der Waals surface area (Å²) in [7, 11) is 0. The van der Waals surface area contributed by atoms with Crippen LogP contribution in [-0.2, 0) is 0 Å². The van der Waals surface area contributed by atoms with Gasteiger partial charge in [0.25, 0.3) is 0 Å². The molecule has 1 aliphatic heterocycles. The predicted molar refractivity (Wildman–Crippen MR) is 86.9 cm³/mol. The molecule has 1 fully saturated rings. The van der Waals surface area contributed by atoms with Gasteiger partial charge in [0.15, 0.2) is 0 Å². The molecule has 2 heteroatoms. The van der Waals surface area contributed by atoms with Crippen LogP contribution in [0.15, 0.2) is 30.3 Å². The van der Waals surface area contributed by atoms with Crippen molar-refractivity contribution in [2.24, 2.45) is 5.92 Å². The van der Waals surface area contributed by atoms with Gasteiger partial charge >= 0.3 is 0 Å². The second-order valence-corrected chi connectivity index (χ2v) is 6.03. The van der Waals surface area contributed by atoms with Gasteiger partial charge in [-0.05, 0) is 50.4 Å². The fraction of sp³-hybridized carbons (Fsp3) is 0.667. The van der Waals surface area contributed by atoms with Gasteiger partial charge in [-0.15, -0.1) is 0 Å². The maximum Gasteiger partial charge on any atom is 0.0449 e. The number of hydrogen-bond donors (Lipinski definition) is 1. The highest BCUT2D eigenvalue weighted by atomic mass is 15.1. The maximum absolute atomic E-state index is 3.65. The summed E-state index contributed by atoms with van der Waals surface area (Å²) in [5.74, 6) is 0.953. The average molecular weight is 274 g/mol. The quantitative estimate of drug-likeness (QED) is 0.847. The minimum absolute atomic E-state index is 0.472. The monoisotopic (exact) mass is 274 g/mol. The molecule has 1 N–H and O–H groups in total. The fourth-order valence-electron chi connectivity index (χ4n) is 3.29. The van der Waals surface area contributed by atoms with Crippen LogP contribution in [0.25, 0.3) is 0 Å². The van der Waals surface area contributed by atoms with Crippen molar-refractivity contribution in [3.8, 4) is 0 Å². The number of benzene rings is 1. The van der Waals surface area contributed by atoms with E-state index in [4.69, 9.17) is 0 Å². The first-order valence-electron chi connectivity index (χ1n) is 8.34. The van der Waals surface area contributed by atoms with Gasteiger partial charge in [-0.2, -0.15) is 0 Å². The summed E-state index contributed by atoms with van der Waals surface area (Å²) in [4.78, 5) is 2.66. The molecule has 1 aromatic rings. The molecule has 2 rings (SSSR count). The third kappa shape index (κ3) is 4.60. The molecular formula is C18H30N2. The number of likely N-dealkylation sites (N-methyl/N-ethyl adjacent to an activating group) is 1. The van der Waals surface area contributed by atoms with Crippen molar-refractivity contribution >= 4 is 0 Å². The number of rotatable bonds is 6. The molecule has 2 unspecified atom stereocenters. The van der Waals surface area contributed by atoms with Gasteiger partial charge in [-0.25, -0.2) is 0 Å². The largest absolute Gasteiger partial charge is 0.309 e. The van der Waals surface area contributed by atoms with Crippen LogP contribution >= 0.6 is 0 Å². The van der Waals surface area contributed by atoms with E-state index in [-0.39, 0.29) is 0 Å². The summed E-state index contributed by atoms with van der Waals surface area (Å²) in [5.41, 5.74) is 1.42. The molecule has 2 atom stereocenters. The molecule has 0 radical (unpaired) electrons. The van der Waals surface area contributed by atoms with E-state index in [1.54, 1.807) is 0 Å². The SMILES string of the molecule is CCNC(CN1CCCC(CC)CC1)c1ccccc1. The molecule has 2 nitrogen and oxygen atoms in total. The lowest BCUT2D eigenvalue weighted by Crippen LogP contribution is -2.36. The van der Waals surface area contributed by atoms with Crippen LogP contribution in [0, 0.1) is 5.92 Å². The van der Waals surface area contributed by atoms with Crippen molar-refractivity contribution in [3.05, 3.63) is 35.9 Å². The van der Waals surface area contributed by atoms with Crippen molar-refractivity contribution in [2.45, 2.75) is 45.6 Å². The molecule has 0 amide bonds. The van der Waals surface area contributed by atoms with Crippen LogP contribution in [0.4, 0.5) is 0 Å². The van der Waals surface area contributed by atoms with Crippen molar-refractivity contribution < 1.29 is 0 Å². The van der Waals surface area contributed by atoms with Gasteiger partial charge in [-0.3, -0.25) is 0 Å². The van der Waals surface area contributed by atoms with E-state index in [0.29, 0.717) is 6.04 Å². The third-order valence-electron chi connectivity index (χ3n) is 4.61. The van der Waals surface area contributed by atoms with Crippen molar-refractivity contribution in [1.29, 1.82) is 0 Å². The molecule has 1 aromatic carbocycles. The number of hydrogen-bond acceptors (Lipinski definition) is 2. The molecule has 0 bridgehead atoms. The lowest BCUT2D eigenvalue weighted by Gasteiger charge is -2.27. The molecule has 1 saturated heterocycles. The van der Waals surface area contributed by atoms with E-state index in [0.717, 1.165) is 19.0 Å². The fourth-order valence-corrected chi connectivity index (χ4v) is 3.29. The molecule has 1 heterocycles. The second kappa shape index (κ2) is 8.43. The maximum atomic E-state index is 3.65. The lowest BCUT2D eigenvalue weighted by atomic mass is 9.98. The topological polar surface area (TPSA) is 15.3 Å². The molecule has 112 valence electrons. The summed E-state index contributed by atoms with van der Waals surface area (Å²) in [5, 5.41) is 3.65. The highest BCUT2D eigenvalue weighted by Gasteiger charge is 2.19. The van der Waals surface area contributed by atoms with Crippen molar-refractivity contribution in [1.82, 2.24) is 10.2 Å². The zero-order valence-electron chi connectivity index (χ0n) is 13.1. The van der Waals surface area contributed by atoms with Crippen LogP contribution in [0.2, 0.25) is 0 Å². The Morgan fingerprint density at radius 2 is 1.95 bits per heavy atom. The highest BCUT2D eigenvalue weighted by Crippen LogP contribution is 2.22. The second-order valence-electron chi connectivity index (χ2n) is 6.03.